The molecule has 0 bridgehead atoms. The lowest BCUT2D eigenvalue weighted by atomic mass is 9.90. The van der Waals surface area contributed by atoms with Crippen molar-refractivity contribution in [3.8, 4) is 0 Å². The summed E-state index contributed by atoms with van der Waals surface area (Å²) in [7, 11) is 0. The lowest BCUT2D eigenvalue weighted by molar-refractivity contribution is 0.470. The van der Waals surface area contributed by atoms with Crippen LogP contribution in [0.25, 0.3) is 0 Å². The van der Waals surface area contributed by atoms with Crippen LogP contribution in [0.4, 0.5) is 0 Å². The Labute approximate surface area is 105 Å². The Morgan fingerprint density at radius 1 is 1.35 bits per heavy atom. The Kier molecular flexibility index (Phi) is 4.57. The molecule has 0 fully saturated rings. The van der Waals surface area contributed by atoms with Crippen molar-refractivity contribution in [2.75, 3.05) is 13.1 Å². The minimum atomic E-state index is 0.580. The third kappa shape index (κ3) is 3.08. The van der Waals surface area contributed by atoms with Crippen LogP contribution in [-0.4, -0.2) is 13.1 Å². The molecule has 2 rings (SSSR count). The summed E-state index contributed by atoms with van der Waals surface area (Å²) >= 11 is 0. The fourth-order valence-corrected chi connectivity index (χ4v) is 2.63. The Hall–Kier alpha value is -0.860. The van der Waals surface area contributed by atoms with E-state index in [4.69, 9.17) is 0 Å². The van der Waals surface area contributed by atoms with Crippen molar-refractivity contribution in [3.63, 3.8) is 0 Å². The van der Waals surface area contributed by atoms with Crippen LogP contribution in [0.15, 0.2) is 18.2 Å². The topological polar surface area (TPSA) is 24.1 Å². The largest absolute Gasteiger partial charge is 0.313 e. The molecule has 0 spiro atoms. The smallest absolute Gasteiger partial charge is 0.0323 e. The average molecular weight is 232 g/mol. The van der Waals surface area contributed by atoms with E-state index in [1.807, 2.05) is 0 Å². The third-order valence-corrected chi connectivity index (χ3v) is 3.52. The fraction of sp³-hybridized carbons (Fsp3) is 0.600. The van der Waals surface area contributed by atoms with Gasteiger partial charge in [-0.05, 0) is 42.6 Å². The molecule has 2 N–H and O–H groups in total. The summed E-state index contributed by atoms with van der Waals surface area (Å²) in [5, 5.41) is 7.02. The zero-order chi connectivity index (χ0) is 12.1. The van der Waals surface area contributed by atoms with Crippen molar-refractivity contribution < 1.29 is 0 Å². The highest BCUT2D eigenvalue weighted by Gasteiger charge is 2.18. The maximum Gasteiger partial charge on any atom is 0.0323 e. The van der Waals surface area contributed by atoms with Crippen LogP contribution in [0, 0.1) is 0 Å². The molecular weight excluding hydrogens is 208 g/mol. The van der Waals surface area contributed by atoms with E-state index in [-0.39, 0.29) is 0 Å². The number of fused-ring (bicyclic) bond motifs is 1. The van der Waals surface area contributed by atoms with Gasteiger partial charge in [-0.1, -0.05) is 38.5 Å². The summed E-state index contributed by atoms with van der Waals surface area (Å²) in [6, 6.07) is 7.57. The van der Waals surface area contributed by atoms with Crippen molar-refractivity contribution >= 4 is 0 Å². The molecule has 1 aromatic rings. The molecule has 1 heterocycles. The van der Waals surface area contributed by atoms with E-state index in [0.717, 1.165) is 19.6 Å². The van der Waals surface area contributed by atoms with Gasteiger partial charge >= 0.3 is 0 Å². The molecular formula is C15H24N2. The van der Waals surface area contributed by atoms with Crippen molar-refractivity contribution in [3.05, 3.63) is 34.9 Å². The molecule has 0 aromatic heterocycles. The molecule has 94 valence electrons. The minimum Gasteiger partial charge on any atom is -0.313 e. The second-order valence-corrected chi connectivity index (χ2v) is 4.86. The summed E-state index contributed by atoms with van der Waals surface area (Å²) in [5.41, 5.74) is 4.50. The van der Waals surface area contributed by atoms with Crippen LogP contribution < -0.4 is 10.6 Å². The highest BCUT2D eigenvalue weighted by molar-refractivity contribution is 5.36. The summed E-state index contributed by atoms with van der Waals surface area (Å²) in [6.07, 6.45) is 3.67. The van der Waals surface area contributed by atoms with E-state index < -0.39 is 0 Å². The maximum atomic E-state index is 3.62. The fourth-order valence-electron chi connectivity index (χ4n) is 2.63. The van der Waals surface area contributed by atoms with E-state index in [1.165, 1.54) is 30.4 Å². The van der Waals surface area contributed by atoms with E-state index in [2.05, 4.69) is 42.7 Å². The molecule has 17 heavy (non-hydrogen) atoms. The lowest BCUT2D eigenvalue weighted by Gasteiger charge is -2.27. The van der Waals surface area contributed by atoms with Crippen LogP contribution in [0.1, 0.15) is 49.4 Å². The van der Waals surface area contributed by atoms with Crippen molar-refractivity contribution in [2.45, 2.75) is 45.7 Å². The molecule has 1 aliphatic heterocycles. The second kappa shape index (κ2) is 6.18. The zero-order valence-corrected chi connectivity index (χ0v) is 11.1. The second-order valence-electron chi connectivity index (χ2n) is 4.86. The van der Waals surface area contributed by atoms with Gasteiger partial charge in [-0.25, -0.2) is 0 Å². The molecule has 1 aliphatic rings. The van der Waals surface area contributed by atoms with Crippen LogP contribution in [0.2, 0.25) is 0 Å². The van der Waals surface area contributed by atoms with Gasteiger partial charge in [-0.15, -0.1) is 0 Å². The first-order valence-electron chi connectivity index (χ1n) is 6.91. The number of hydrogen-bond donors (Lipinski definition) is 2. The summed E-state index contributed by atoms with van der Waals surface area (Å²) in [5.74, 6) is 0. The Bertz CT molecular complexity index is 360. The highest BCUT2D eigenvalue weighted by Crippen LogP contribution is 2.27. The molecule has 2 heteroatoms. The minimum absolute atomic E-state index is 0.580. The molecule has 0 saturated carbocycles. The number of nitrogens with one attached hydrogen (secondary N) is 2. The van der Waals surface area contributed by atoms with Crippen molar-refractivity contribution in [1.29, 1.82) is 0 Å². The highest BCUT2D eigenvalue weighted by atomic mass is 14.9. The van der Waals surface area contributed by atoms with Crippen LogP contribution in [0.5, 0.6) is 0 Å². The first-order valence-corrected chi connectivity index (χ1v) is 6.91. The van der Waals surface area contributed by atoms with Gasteiger partial charge in [0.05, 0.1) is 0 Å². The van der Waals surface area contributed by atoms with E-state index in [0.29, 0.717) is 6.04 Å². The Balaban J connectivity index is 2.14. The Morgan fingerprint density at radius 3 is 3.00 bits per heavy atom. The number of rotatable bonds is 5. The quantitative estimate of drug-likeness (QED) is 0.815. The molecule has 0 radical (unpaired) electrons. The first kappa shape index (κ1) is 12.6. The van der Waals surface area contributed by atoms with Crippen LogP contribution in [-0.2, 0) is 13.0 Å². The van der Waals surface area contributed by atoms with Gasteiger partial charge in [-0.2, -0.15) is 0 Å². The first-order chi connectivity index (χ1) is 8.35. The van der Waals surface area contributed by atoms with E-state index in [9.17, 15) is 0 Å². The van der Waals surface area contributed by atoms with Crippen molar-refractivity contribution in [1.82, 2.24) is 10.6 Å². The van der Waals surface area contributed by atoms with Crippen LogP contribution >= 0.6 is 0 Å². The normalized spacial score (nSPS) is 19.1. The molecule has 0 saturated heterocycles. The summed E-state index contributed by atoms with van der Waals surface area (Å²) in [6.45, 7) is 7.57. The third-order valence-electron chi connectivity index (χ3n) is 3.52. The van der Waals surface area contributed by atoms with Gasteiger partial charge in [0.2, 0.25) is 0 Å². The molecule has 2 nitrogen and oxygen atoms in total. The van der Waals surface area contributed by atoms with Crippen molar-refractivity contribution in [2.24, 2.45) is 0 Å². The monoisotopic (exact) mass is 232 g/mol. The standard InChI is InChI=1S/C15H24N2/c1-3-5-15-14-7-6-12(11-16-4-2)10-13(14)8-9-17-15/h6-7,10,15-17H,3-5,8-9,11H2,1-2H3. The van der Waals surface area contributed by atoms with E-state index >= 15 is 0 Å². The van der Waals surface area contributed by atoms with Gasteiger partial charge in [0.1, 0.15) is 0 Å². The maximum absolute atomic E-state index is 3.62. The SMILES string of the molecule is CCCC1NCCc2cc(CNCC)ccc21. The van der Waals surface area contributed by atoms with Crippen LogP contribution in [0.3, 0.4) is 0 Å². The Morgan fingerprint density at radius 2 is 2.24 bits per heavy atom. The number of benzene rings is 1. The lowest BCUT2D eigenvalue weighted by Crippen LogP contribution is -2.29. The van der Waals surface area contributed by atoms with Gasteiger partial charge in [0, 0.05) is 12.6 Å². The molecule has 0 amide bonds. The van der Waals surface area contributed by atoms with E-state index in [1.54, 1.807) is 5.56 Å². The summed E-state index contributed by atoms with van der Waals surface area (Å²) < 4.78 is 0. The molecule has 1 aromatic carbocycles. The van der Waals surface area contributed by atoms with Gasteiger partial charge in [-0.3, -0.25) is 0 Å². The predicted molar refractivity (Wildman–Crippen MR) is 73.2 cm³/mol. The summed E-state index contributed by atoms with van der Waals surface area (Å²) in [4.78, 5) is 0. The number of hydrogen-bond acceptors (Lipinski definition) is 2. The zero-order valence-electron chi connectivity index (χ0n) is 11.1. The molecule has 0 aliphatic carbocycles. The van der Waals surface area contributed by atoms with Gasteiger partial charge < -0.3 is 10.6 Å². The molecule has 1 atom stereocenters. The van der Waals surface area contributed by atoms with Gasteiger partial charge in [0.15, 0.2) is 0 Å². The van der Waals surface area contributed by atoms with Gasteiger partial charge in [0.25, 0.3) is 0 Å². The average Bonchev–Trinajstić information content (AvgIpc) is 2.37. The molecule has 1 unspecified atom stereocenters. The predicted octanol–water partition coefficient (Wildman–Crippen LogP) is 2.78.